The second kappa shape index (κ2) is 4.51. The fourth-order valence-electron chi connectivity index (χ4n) is 2.87. The van der Waals surface area contributed by atoms with Gasteiger partial charge in [-0.1, -0.05) is 11.6 Å². The Labute approximate surface area is 116 Å². The van der Waals surface area contributed by atoms with Crippen LogP contribution in [0.3, 0.4) is 0 Å². The van der Waals surface area contributed by atoms with Crippen molar-refractivity contribution in [1.82, 2.24) is 9.97 Å². The molecule has 1 aliphatic heterocycles. The van der Waals surface area contributed by atoms with Gasteiger partial charge in [0, 0.05) is 12.6 Å². The zero-order valence-corrected chi connectivity index (χ0v) is 11.5. The van der Waals surface area contributed by atoms with Crippen LogP contribution in [0.15, 0.2) is 6.07 Å². The van der Waals surface area contributed by atoms with E-state index < -0.39 is 0 Å². The van der Waals surface area contributed by atoms with Crippen LogP contribution in [0.4, 0.5) is 5.82 Å². The van der Waals surface area contributed by atoms with E-state index in [1.165, 1.54) is 12.8 Å². The van der Waals surface area contributed by atoms with E-state index in [1.54, 1.807) is 6.07 Å². The predicted molar refractivity (Wildman–Crippen MR) is 71.2 cm³/mol. The highest BCUT2D eigenvalue weighted by Gasteiger charge is 2.48. The van der Waals surface area contributed by atoms with E-state index in [4.69, 9.17) is 23.2 Å². The smallest absolute Gasteiger partial charge is 0.225 e. The van der Waals surface area contributed by atoms with Crippen LogP contribution < -0.4 is 4.90 Å². The summed E-state index contributed by atoms with van der Waals surface area (Å²) in [5.74, 6) is 0.717. The number of anilines is 1. The van der Waals surface area contributed by atoms with Crippen molar-refractivity contribution in [2.75, 3.05) is 18.1 Å². The minimum atomic E-state index is 0.114. The van der Waals surface area contributed by atoms with Gasteiger partial charge in [-0.05, 0) is 42.7 Å². The Kier molecular flexibility index (Phi) is 3.12. The van der Waals surface area contributed by atoms with Crippen molar-refractivity contribution < 1.29 is 5.11 Å². The Morgan fingerprint density at radius 1 is 1.33 bits per heavy atom. The summed E-state index contributed by atoms with van der Waals surface area (Å²) in [7, 11) is 0. The third kappa shape index (κ3) is 2.29. The van der Waals surface area contributed by atoms with Crippen LogP contribution in [0.2, 0.25) is 10.4 Å². The van der Waals surface area contributed by atoms with Gasteiger partial charge in [0.1, 0.15) is 11.0 Å². The standard InChI is InChI=1S/C12H15Cl2N3O/c13-9-5-10(16-11(14)15-9)17-4-3-12(1-2-12)6-8(17)7-18/h5,8,18H,1-4,6-7H2. The molecule has 98 valence electrons. The highest BCUT2D eigenvalue weighted by molar-refractivity contribution is 6.32. The van der Waals surface area contributed by atoms with Crippen LogP contribution in [0.5, 0.6) is 0 Å². The molecule has 1 atom stereocenters. The van der Waals surface area contributed by atoms with Gasteiger partial charge >= 0.3 is 0 Å². The first-order chi connectivity index (χ1) is 8.62. The van der Waals surface area contributed by atoms with Crippen LogP contribution in [0, 0.1) is 5.41 Å². The number of nitrogens with zero attached hydrogens (tertiary/aromatic N) is 3. The van der Waals surface area contributed by atoms with Crippen molar-refractivity contribution in [2.45, 2.75) is 31.7 Å². The Bertz CT molecular complexity index is 444. The van der Waals surface area contributed by atoms with Crippen LogP contribution >= 0.6 is 23.2 Å². The average molecular weight is 288 g/mol. The molecule has 1 aromatic rings. The molecule has 1 spiro atoms. The van der Waals surface area contributed by atoms with Gasteiger partial charge in [0.15, 0.2) is 0 Å². The van der Waals surface area contributed by atoms with E-state index >= 15 is 0 Å². The number of piperidine rings is 1. The molecule has 1 saturated carbocycles. The number of aromatic nitrogens is 2. The van der Waals surface area contributed by atoms with E-state index in [0.717, 1.165) is 25.2 Å². The van der Waals surface area contributed by atoms with Gasteiger partial charge in [-0.2, -0.15) is 0 Å². The fraction of sp³-hybridized carbons (Fsp3) is 0.667. The largest absolute Gasteiger partial charge is 0.394 e. The SMILES string of the molecule is OCC1CC2(CCN1c1cc(Cl)nc(Cl)n1)CC2. The highest BCUT2D eigenvalue weighted by Crippen LogP contribution is 2.55. The summed E-state index contributed by atoms with van der Waals surface area (Å²) in [5.41, 5.74) is 0.491. The summed E-state index contributed by atoms with van der Waals surface area (Å²) in [6, 6.07) is 1.82. The lowest BCUT2D eigenvalue weighted by molar-refractivity contribution is 0.206. The lowest BCUT2D eigenvalue weighted by Gasteiger charge is -2.39. The summed E-state index contributed by atoms with van der Waals surface area (Å²) in [6.07, 6.45) is 4.77. The molecule has 3 rings (SSSR count). The maximum absolute atomic E-state index is 9.57. The number of halogens is 2. The first kappa shape index (κ1) is 12.5. The van der Waals surface area contributed by atoms with Gasteiger partial charge in [0.2, 0.25) is 5.28 Å². The number of hydrogen-bond acceptors (Lipinski definition) is 4. The lowest BCUT2D eigenvalue weighted by Crippen LogP contribution is -2.46. The molecule has 18 heavy (non-hydrogen) atoms. The van der Waals surface area contributed by atoms with Crippen molar-refractivity contribution in [3.05, 3.63) is 16.5 Å². The molecule has 1 aliphatic carbocycles. The number of rotatable bonds is 2. The minimum Gasteiger partial charge on any atom is -0.394 e. The van der Waals surface area contributed by atoms with Gasteiger partial charge in [0.25, 0.3) is 0 Å². The zero-order chi connectivity index (χ0) is 12.8. The Morgan fingerprint density at radius 2 is 2.11 bits per heavy atom. The van der Waals surface area contributed by atoms with Crippen LogP contribution in [0.25, 0.3) is 0 Å². The summed E-state index contributed by atoms with van der Waals surface area (Å²) < 4.78 is 0. The molecular weight excluding hydrogens is 273 g/mol. The van der Waals surface area contributed by atoms with Crippen molar-refractivity contribution in [1.29, 1.82) is 0 Å². The first-order valence-corrected chi connectivity index (χ1v) is 6.95. The van der Waals surface area contributed by atoms with Crippen molar-refractivity contribution in [2.24, 2.45) is 5.41 Å². The number of aliphatic hydroxyl groups is 1. The molecule has 0 amide bonds. The maximum Gasteiger partial charge on any atom is 0.225 e. The summed E-state index contributed by atoms with van der Waals surface area (Å²) in [4.78, 5) is 10.2. The Balaban J connectivity index is 1.85. The third-order valence-electron chi connectivity index (χ3n) is 4.11. The predicted octanol–water partition coefficient (Wildman–Crippen LogP) is 2.52. The zero-order valence-electron chi connectivity index (χ0n) is 9.94. The van der Waals surface area contributed by atoms with E-state index in [9.17, 15) is 5.11 Å². The van der Waals surface area contributed by atoms with Gasteiger partial charge < -0.3 is 10.0 Å². The lowest BCUT2D eigenvalue weighted by atomic mass is 9.88. The van der Waals surface area contributed by atoms with Crippen LogP contribution in [-0.4, -0.2) is 34.3 Å². The minimum absolute atomic E-state index is 0.114. The highest BCUT2D eigenvalue weighted by atomic mass is 35.5. The molecule has 2 aliphatic rings. The molecule has 2 fully saturated rings. The number of hydrogen-bond donors (Lipinski definition) is 1. The van der Waals surface area contributed by atoms with Gasteiger partial charge in [-0.15, -0.1) is 0 Å². The first-order valence-electron chi connectivity index (χ1n) is 6.19. The Hall–Kier alpha value is -0.580. The molecule has 0 bridgehead atoms. The second-order valence-corrected chi connectivity index (χ2v) is 6.03. The van der Waals surface area contributed by atoms with Gasteiger partial charge in [-0.3, -0.25) is 0 Å². The molecule has 1 unspecified atom stereocenters. The van der Waals surface area contributed by atoms with Crippen LogP contribution in [-0.2, 0) is 0 Å². The van der Waals surface area contributed by atoms with Crippen molar-refractivity contribution in [3.63, 3.8) is 0 Å². The second-order valence-electron chi connectivity index (χ2n) is 5.30. The molecule has 1 N–H and O–H groups in total. The molecule has 4 nitrogen and oxygen atoms in total. The molecule has 1 saturated heterocycles. The van der Waals surface area contributed by atoms with Crippen LogP contribution in [0.1, 0.15) is 25.7 Å². The molecule has 2 heterocycles. The molecule has 1 aromatic heterocycles. The molecule has 6 heteroatoms. The van der Waals surface area contributed by atoms with Crippen molar-refractivity contribution >= 4 is 29.0 Å². The number of aliphatic hydroxyl groups excluding tert-OH is 1. The topological polar surface area (TPSA) is 49.2 Å². The van der Waals surface area contributed by atoms with Crippen molar-refractivity contribution in [3.8, 4) is 0 Å². The van der Waals surface area contributed by atoms with Gasteiger partial charge in [-0.25, -0.2) is 9.97 Å². The molecular formula is C12H15Cl2N3O. The van der Waals surface area contributed by atoms with E-state index in [-0.39, 0.29) is 17.9 Å². The van der Waals surface area contributed by atoms with E-state index in [0.29, 0.717) is 10.6 Å². The maximum atomic E-state index is 9.57. The third-order valence-corrected chi connectivity index (χ3v) is 4.47. The monoisotopic (exact) mass is 287 g/mol. The van der Waals surface area contributed by atoms with Gasteiger partial charge in [0.05, 0.1) is 12.6 Å². The summed E-state index contributed by atoms with van der Waals surface area (Å²) in [5, 5.41) is 10.1. The molecule has 0 radical (unpaired) electrons. The Morgan fingerprint density at radius 3 is 2.72 bits per heavy atom. The fourth-order valence-corrected chi connectivity index (χ4v) is 3.27. The summed E-state index contributed by atoms with van der Waals surface area (Å²) >= 11 is 11.7. The average Bonchev–Trinajstić information content (AvgIpc) is 3.07. The van der Waals surface area contributed by atoms with E-state index in [1.807, 2.05) is 0 Å². The normalized spacial score (nSPS) is 25.5. The molecule has 0 aromatic carbocycles. The summed E-state index contributed by atoms with van der Waals surface area (Å²) in [6.45, 7) is 1.04. The van der Waals surface area contributed by atoms with E-state index in [2.05, 4.69) is 14.9 Å². The quantitative estimate of drug-likeness (QED) is 0.671.